The smallest absolute Gasteiger partial charge is 0.408 e. The molecule has 1 aromatic carbocycles. The number of carbonyl (C=O) groups is 3. The van der Waals surface area contributed by atoms with E-state index in [9.17, 15) is 24.6 Å². The maximum Gasteiger partial charge on any atom is 0.408 e. The molecule has 0 heterocycles. The highest BCUT2D eigenvalue weighted by Gasteiger charge is 2.30. The van der Waals surface area contributed by atoms with Gasteiger partial charge < -0.3 is 25.4 Å². The number of nitrogens with one attached hydrogen (secondary N) is 1. The minimum Gasteiger partial charge on any atom is -0.481 e. The van der Waals surface area contributed by atoms with Gasteiger partial charge in [-0.05, 0) is 57.6 Å². The molecule has 0 aliphatic heterocycles. The number of carbonyl (C=O) groups excluding carboxylic acids is 1. The van der Waals surface area contributed by atoms with Gasteiger partial charge in [0.15, 0.2) is 0 Å². The second-order valence-corrected chi connectivity index (χ2v) is 7.66. The van der Waals surface area contributed by atoms with Crippen molar-refractivity contribution >= 4 is 18.0 Å². The summed E-state index contributed by atoms with van der Waals surface area (Å²) in [6.45, 7) is 5.04. The van der Waals surface area contributed by atoms with Crippen LogP contribution in [0.4, 0.5) is 4.79 Å². The van der Waals surface area contributed by atoms with Crippen molar-refractivity contribution < 1.29 is 34.4 Å². The van der Waals surface area contributed by atoms with Gasteiger partial charge in [0.25, 0.3) is 0 Å². The number of aliphatic carboxylic acids is 2. The number of amides is 1. The van der Waals surface area contributed by atoms with Crippen molar-refractivity contribution in [1.82, 2.24) is 5.32 Å². The van der Waals surface area contributed by atoms with Crippen molar-refractivity contribution in [3.8, 4) is 0 Å². The lowest BCUT2D eigenvalue weighted by atomic mass is 9.92. The first kappa shape index (κ1) is 23.4. The van der Waals surface area contributed by atoms with Gasteiger partial charge in [-0.25, -0.2) is 9.59 Å². The van der Waals surface area contributed by atoms with E-state index in [4.69, 9.17) is 9.84 Å². The number of hydrogen-bond donors (Lipinski definition) is 4. The fourth-order valence-corrected chi connectivity index (χ4v) is 2.64. The Morgan fingerprint density at radius 1 is 1.04 bits per heavy atom. The van der Waals surface area contributed by atoms with Gasteiger partial charge in [-0.3, -0.25) is 4.79 Å². The second-order valence-electron chi connectivity index (χ2n) is 7.66. The van der Waals surface area contributed by atoms with Crippen LogP contribution >= 0.6 is 0 Å². The average molecular weight is 395 g/mol. The molecule has 0 bridgehead atoms. The summed E-state index contributed by atoms with van der Waals surface area (Å²) in [6.07, 6.45) is 0.330. The third-order valence-corrected chi connectivity index (χ3v) is 3.99. The Bertz CT molecular complexity index is 664. The number of rotatable bonds is 10. The number of aliphatic hydroxyl groups excluding tert-OH is 1. The van der Waals surface area contributed by atoms with Crippen LogP contribution in [-0.4, -0.2) is 51.6 Å². The zero-order chi connectivity index (χ0) is 21.3. The van der Waals surface area contributed by atoms with Crippen LogP contribution in [0.25, 0.3) is 0 Å². The first-order chi connectivity index (χ1) is 13.0. The van der Waals surface area contributed by atoms with Crippen molar-refractivity contribution in [3.05, 3.63) is 35.4 Å². The maximum atomic E-state index is 11.8. The fraction of sp³-hybridized carbons (Fsp3) is 0.550. The second kappa shape index (κ2) is 10.7. The summed E-state index contributed by atoms with van der Waals surface area (Å²) < 4.78 is 5.05. The first-order valence-electron chi connectivity index (χ1n) is 9.15. The number of hydrogen-bond acceptors (Lipinski definition) is 5. The van der Waals surface area contributed by atoms with Gasteiger partial charge in [-0.2, -0.15) is 0 Å². The van der Waals surface area contributed by atoms with E-state index in [2.05, 4.69) is 5.32 Å². The Labute approximate surface area is 164 Å². The van der Waals surface area contributed by atoms with Crippen molar-refractivity contribution in [2.45, 2.75) is 58.1 Å². The SMILES string of the molecule is CC(C)(C)OC(=O)N[C@H](C[C@H](Cc1ccc(CCCO)cc1)C(=O)O)C(=O)O. The van der Waals surface area contributed by atoms with Crippen LogP contribution < -0.4 is 5.32 Å². The van der Waals surface area contributed by atoms with Gasteiger partial charge >= 0.3 is 18.0 Å². The molecule has 0 saturated heterocycles. The van der Waals surface area contributed by atoms with Crippen LogP contribution in [0.5, 0.6) is 0 Å². The summed E-state index contributed by atoms with van der Waals surface area (Å²) in [5.74, 6) is -3.45. The van der Waals surface area contributed by atoms with Crippen molar-refractivity contribution in [3.63, 3.8) is 0 Å². The predicted octanol–water partition coefficient (Wildman–Crippen LogP) is 2.22. The normalized spacial score (nSPS) is 13.4. The molecular weight excluding hydrogens is 366 g/mol. The van der Waals surface area contributed by atoms with Gasteiger partial charge in [-0.15, -0.1) is 0 Å². The molecule has 2 atom stereocenters. The molecule has 0 unspecified atom stereocenters. The third kappa shape index (κ3) is 8.85. The van der Waals surface area contributed by atoms with E-state index in [0.29, 0.717) is 6.42 Å². The molecule has 1 amide bonds. The van der Waals surface area contributed by atoms with Crippen LogP contribution in [0, 0.1) is 5.92 Å². The molecule has 28 heavy (non-hydrogen) atoms. The minimum absolute atomic E-state index is 0.101. The molecule has 0 spiro atoms. The Hall–Kier alpha value is -2.61. The largest absolute Gasteiger partial charge is 0.481 e. The molecule has 0 aromatic heterocycles. The zero-order valence-corrected chi connectivity index (χ0v) is 16.5. The van der Waals surface area contributed by atoms with E-state index in [-0.39, 0.29) is 19.4 Å². The summed E-state index contributed by atoms with van der Waals surface area (Å²) in [7, 11) is 0. The summed E-state index contributed by atoms with van der Waals surface area (Å²) >= 11 is 0. The first-order valence-corrected chi connectivity index (χ1v) is 9.15. The molecule has 1 aromatic rings. The standard InChI is InChI=1S/C20H29NO7/c1-20(2,3)28-19(27)21-16(18(25)26)12-15(17(23)24)11-14-8-6-13(7-9-14)5-4-10-22/h6-9,15-16,22H,4-5,10-12H2,1-3H3,(H,21,27)(H,23,24)(H,25,26)/t15-,16+/m0/s1. The lowest BCUT2D eigenvalue weighted by Crippen LogP contribution is -2.45. The summed E-state index contributed by atoms with van der Waals surface area (Å²) in [5, 5.41) is 29.9. The quantitative estimate of drug-likeness (QED) is 0.477. The van der Waals surface area contributed by atoms with Gasteiger partial charge in [-0.1, -0.05) is 24.3 Å². The summed E-state index contributed by atoms with van der Waals surface area (Å²) in [6, 6.07) is 5.92. The van der Waals surface area contributed by atoms with Gasteiger partial charge in [0.2, 0.25) is 0 Å². The number of benzene rings is 1. The number of aryl methyl sites for hydroxylation is 1. The summed E-state index contributed by atoms with van der Waals surface area (Å²) in [5.41, 5.74) is 0.984. The molecule has 4 N–H and O–H groups in total. The minimum atomic E-state index is -1.38. The lowest BCUT2D eigenvalue weighted by molar-refractivity contribution is -0.144. The Kier molecular flexibility index (Phi) is 8.91. The van der Waals surface area contributed by atoms with Gasteiger partial charge in [0.1, 0.15) is 11.6 Å². The highest BCUT2D eigenvalue weighted by molar-refractivity contribution is 5.81. The molecule has 0 radical (unpaired) electrons. The number of aliphatic hydroxyl groups is 1. The summed E-state index contributed by atoms with van der Waals surface area (Å²) in [4.78, 5) is 34.9. The van der Waals surface area contributed by atoms with E-state index in [1.165, 1.54) is 0 Å². The molecule has 1 rings (SSSR count). The Morgan fingerprint density at radius 3 is 2.07 bits per heavy atom. The van der Waals surface area contributed by atoms with Crippen LogP contribution in [-0.2, 0) is 27.2 Å². The number of carboxylic acid groups (broad SMARTS) is 2. The highest BCUT2D eigenvalue weighted by atomic mass is 16.6. The zero-order valence-electron chi connectivity index (χ0n) is 16.5. The average Bonchev–Trinajstić information content (AvgIpc) is 2.57. The Morgan fingerprint density at radius 2 is 1.61 bits per heavy atom. The van der Waals surface area contributed by atoms with E-state index >= 15 is 0 Å². The highest BCUT2D eigenvalue weighted by Crippen LogP contribution is 2.17. The molecule has 0 saturated carbocycles. The molecule has 156 valence electrons. The molecule has 0 fully saturated rings. The number of carboxylic acids is 2. The predicted molar refractivity (Wildman–Crippen MR) is 102 cm³/mol. The van der Waals surface area contributed by atoms with E-state index in [0.717, 1.165) is 17.5 Å². The van der Waals surface area contributed by atoms with Crippen LogP contribution in [0.1, 0.15) is 44.7 Å². The molecular formula is C20H29NO7. The number of ether oxygens (including phenoxy) is 1. The van der Waals surface area contributed by atoms with Gasteiger partial charge in [0, 0.05) is 6.61 Å². The number of alkyl carbamates (subject to hydrolysis) is 1. The molecule has 8 nitrogen and oxygen atoms in total. The van der Waals surface area contributed by atoms with E-state index in [1.807, 2.05) is 12.1 Å². The monoisotopic (exact) mass is 395 g/mol. The van der Waals surface area contributed by atoms with Crippen LogP contribution in [0.3, 0.4) is 0 Å². The van der Waals surface area contributed by atoms with Crippen molar-refractivity contribution in [1.29, 1.82) is 0 Å². The lowest BCUT2D eigenvalue weighted by Gasteiger charge is -2.23. The molecule has 0 aliphatic rings. The van der Waals surface area contributed by atoms with Crippen LogP contribution in [0.15, 0.2) is 24.3 Å². The molecule has 0 aliphatic carbocycles. The fourth-order valence-electron chi connectivity index (χ4n) is 2.64. The van der Waals surface area contributed by atoms with Crippen LogP contribution in [0.2, 0.25) is 0 Å². The Balaban J connectivity index is 2.78. The maximum absolute atomic E-state index is 11.8. The topological polar surface area (TPSA) is 133 Å². The third-order valence-electron chi connectivity index (χ3n) is 3.99. The van der Waals surface area contributed by atoms with Crippen molar-refractivity contribution in [2.24, 2.45) is 5.92 Å². The van der Waals surface area contributed by atoms with E-state index < -0.39 is 35.6 Å². The van der Waals surface area contributed by atoms with Crippen molar-refractivity contribution in [2.75, 3.05) is 6.61 Å². The molecule has 8 heteroatoms. The van der Waals surface area contributed by atoms with Gasteiger partial charge in [0.05, 0.1) is 5.92 Å². The van der Waals surface area contributed by atoms with E-state index in [1.54, 1.807) is 32.9 Å².